The van der Waals surface area contributed by atoms with Gasteiger partial charge in [-0.25, -0.2) is 23.4 Å². The van der Waals surface area contributed by atoms with Crippen LogP contribution in [-0.2, 0) is 15.6 Å². The molecule has 0 spiro atoms. The third-order valence-corrected chi connectivity index (χ3v) is 7.65. The van der Waals surface area contributed by atoms with Crippen molar-refractivity contribution in [2.24, 2.45) is 0 Å². The van der Waals surface area contributed by atoms with E-state index in [9.17, 15) is 13.2 Å². The molecule has 0 fully saturated rings. The van der Waals surface area contributed by atoms with Crippen LogP contribution >= 0.6 is 34.7 Å². The number of nitrogens with zero attached hydrogens (tertiary/aromatic N) is 3. The number of sulfone groups is 1. The Labute approximate surface area is 198 Å². The first-order valence-electron chi connectivity index (χ1n) is 9.32. The maximum absolute atomic E-state index is 12.8. The summed E-state index contributed by atoms with van der Waals surface area (Å²) in [6.07, 6.45) is 2.54. The smallest absolute Gasteiger partial charge is 0.277 e. The van der Waals surface area contributed by atoms with Gasteiger partial charge in [0.2, 0.25) is 0 Å². The molecular weight excluding hydrogens is 488 g/mol. The summed E-state index contributed by atoms with van der Waals surface area (Å²) in [4.78, 5) is 25.8. The van der Waals surface area contributed by atoms with Gasteiger partial charge in [-0.3, -0.25) is 10.1 Å². The van der Waals surface area contributed by atoms with Crippen LogP contribution in [0.2, 0.25) is 5.02 Å². The van der Waals surface area contributed by atoms with Gasteiger partial charge >= 0.3 is 0 Å². The molecule has 4 aromatic rings. The minimum Gasteiger partial charge on any atom is -0.296 e. The van der Waals surface area contributed by atoms with Gasteiger partial charge in [0.15, 0.2) is 25.8 Å². The highest BCUT2D eigenvalue weighted by atomic mass is 35.5. The number of rotatable bonds is 6. The Kier molecular flexibility index (Phi) is 6.47. The Morgan fingerprint density at radius 1 is 1.19 bits per heavy atom. The highest BCUT2D eigenvalue weighted by molar-refractivity contribution is 7.98. The van der Waals surface area contributed by atoms with E-state index in [2.05, 4.69) is 26.3 Å². The van der Waals surface area contributed by atoms with E-state index in [0.29, 0.717) is 26.3 Å². The topological polar surface area (TPSA) is 102 Å². The van der Waals surface area contributed by atoms with Crippen LogP contribution in [0.1, 0.15) is 21.6 Å². The SMILES string of the molecule is Cc1cccc(CSc2ncc(Cl)c(C(=O)Nc3nc4ccc(S(C)(=O)=O)cc4s3)n2)c1. The largest absolute Gasteiger partial charge is 0.296 e. The van der Waals surface area contributed by atoms with Crippen molar-refractivity contribution >= 4 is 65.8 Å². The number of fused-ring (bicyclic) bond motifs is 1. The van der Waals surface area contributed by atoms with Crippen molar-refractivity contribution in [3.8, 4) is 0 Å². The molecule has 1 N–H and O–H groups in total. The molecule has 0 unspecified atom stereocenters. The highest BCUT2D eigenvalue weighted by Gasteiger charge is 2.17. The molecule has 0 saturated heterocycles. The van der Waals surface area contributed by atoms with E-state index in [-0.39, 0.29) is 15.6 Å². The van der Waals surface area contributed by atoms with E-state index >= 15 is 0 Å². The molecule has 0 aliphatic heterocycles. The van der Waals surface area contributed by atoms with Crippen molar-refractivity contribution in [3.05, 3.63) is 70.5 Å². The lowest BCUT2D eigenvalue weighted by Crippen LogP contribution is -2.15. The van der Waals surface area contributed by atoms with Gasteiger partial charge in [0, 0.05) is 12.0 Å². The van der Waals surface area contributed by atoms with Gasteiger partial charge in [-0.05, 0) is 30.7 Å². The van der Waals surface area contributed by atoms with E-state index in [1.807, 2.05) is 25.1 Å². The predicted molar refractivity (Wildman–Crippen MR) is 128 cm³/mol. The van der Waals surface area contributed by atoms with Crippen LogP contribution in [0.5, 0.6) is 0 Å². The van der Waals surface area contributed by atoms with E-state index < -0.39 is 15.7 Å². The molecule has 2 heterocycles. The van der Waals surface area contributed by atoms with Crippen LogP contribution in [-0.4, -0.2) is 35.5 Å². The van der Waals surface area contributed by atoms with Crippen LogP contribution in [0, 0.1) is 6.92 Å². The van der Waals surface area contributed by atoms with Crippen molar-refractivity contribution in [1.29, 1.82) is 0 Å². The number of anilines is 1. The number of nitrogens with one attached hydrogen (secondary N) is 1. The standard InChI is InChI=1S/C21H17ClN4O3S3/c1-12-4-3-5-13(8-12)11-30-20-23-10-15(22)18(25-20)19(27)26-21-24-16-7-6-14(32(2,28)29)9-17(16)31-21/h3-10H,11H2,1-2H3,(H,24,26,27). The number of benzene rings is 2. The molecule has 11 heteroatoms. The number of aromatic nitrogens is 3. The third kappa shape index (κ3) is 5.26. The number of carbonyl (C=O) groups is 1. The highest BCUT2D eigenvalue weighted by Crippen LogP contribution is 2.29. The zero-order chi connectivity index (χ0) is 22.9. The van der Waals surface area contributed by atoms with Gasteiger partial charge in [-0.1, -0.05) is 64.5 Å². The van der Waals surface area contributed by atoms with E-state index in [1.54, 1.807) is 6.07 Å². The minimum atomic E-state index is -3.33. The molecule has 0 saturated carbocycles. The van der Waals surface area contributed by atoms with Crippen molar-refractivity contribution in [2.45, 2.75) is 22.7 Å². The number of hydrogen-bond acceptors (Lipinski definition) is 8. The first kappa shape index (κ1) is 22.7. The molecular formula is C21H17ClN4O3S3. The predicted octanol–water partition coefficient (Wildman–Crippen LogP) is 5.00. The summed E-state index contributed by atoms with van der Waals surface area (Å²) >= 11 is 8.74. The normalized spacial score (nSPS) is 11.6. The van der Waals surface area contributed by atoms with Crippen LogP contribution in [0.4, 0.5) is 5.13 Å². The number of thiazole rings is 1. The van der Waals surface area contributed by atoms with Crippen LogP contribution in [0.3, 0.4) is 0 Å². The molecule has 0 atom stereocenters. The molecule has 4 rings (SSSR count). The van der Waals surface area contributed by atoms with Crippen LogP contribution in [0.15, 0.2) is 58.7 Å². The fourth-order valence-electron chi connectivity index (χ4n) is 2.87. The molecule has 2 aromatic heterocycles. The van der Waals surface area contributed by atoms with E-state index in [4.69, 9.17) is 11.6 Å². The number of hydrogen-bond donors (Lipinski definition) is 1. The molecule has 0 radical (unpaired) electrons. The van der Waals surface area contributed by atoms with Gasteiger partial charge in [0.1, 0.15) is 0 Å². The van der Waals surface area contributed by atoms with Crippen molar-refractivity contribution < 1.29 is 13.2 Å². The van der Waals surface area contributed by atoms with Gasteiger partial charge in [-0.2, -0.15) is 0 Å². The molecule has 164 valence electrons. The monoisotopic (exact) mass is 504 g/mol. The number of carbonyl (C=O) groups excluding carboxylic acids is 1. The number of aryl methyl sites for hydroxylation is 1. The van der Waals surface area contributed by atoms with Gasteiger partial charge in [-0.15, -0.1) is 0 Å². The lowest BCUT2D eigenvalue weighted by atomic mass is 10.2. The number of amides is 1. The summed E-state index contributed by atoms with van der Waals surface area (Å²) in [6.45, 7) is 2.03. The summed E-state index contributed by atoms with van der Waals surface area (Å²) in [5.41, 5.74) is 2.92. The molecule has 7 nitrogen and oxygen atoms in total. The second-order valence-corrected chi connectivity index (χ2v) is 11.4. The second kappa shape index (κ2) is 9.14. The summed E-state index contributed by atoms with van der Waals surface area (Å²) in [5.74, 6) is 0.141. The lowest BCUT2D eigenvalue weighted by Gasteiger charge is -2.06. The first-order chi connectivity index (χ1) is 15.2. The Hall–Kier alpha value is -2.53. The average molecular weight is 505 g/mol. The van der Waals surface area contributed by atoms with Gasteiger partial charge in [0.05, 0.1) is 26.3 Å². The zero-order valence-electron chi connectivity index (χ0n) is 17.0. The molecule has 1 amide bonds. The fourth-order valence-corrected chi connectivity index (χ4v) is 5.43. The van der Waals surface area contributed by atoms with Crippen LogP contribution in [0.25, 0.3) is 10.2 Å². The molecule has 0 aliphatic carbocycles. The average Bonchev–Trinajstić information content (AvgIpc) is 3.14. The minimum absolute atomic E-state index is 0.0458. The lowest BCUT2D eigenvalue weighted by molar-refractivity contribution is 0.102. The Bertz CT molecular complexity index is 1440. The first-order valence-corrected chi connectivity index (χ1v) is 13.4. The Morgan fingerprint density at radius 2 is 2.00 bits per heavy atom. The Balaban J connectivity index is 1.52. The fraction of sp³-hybridized carbons (Fsp3) is 0.143. The maximum atomic E-state index is 12.8. The zero-order valence-corrected chi connectivity index (χ0v) is 20.2. The Morgan fingerprint density at radius 3 is 2.75 bits per heavy atom. The number of halogens is 1. The quantitative estimate of drug-likeness (QED) is 0.291. The second-order valence-electron chi connectivity index (χ2n) is 7.00. The van der Waals surface area contributed by atoms with E-state index in [1.165, 1.54) is 47.0 Å². The summed E-state index contributed by atoms with van der Waals surface area (Å²) in [5, 5.41) is 3.57. The number of thioether (sulfide) groups is 1. The van der Waals surface area contributed by atoms with Gasteiger partial charge < -0.3 is 0 Å². The van der Waals surface area contributed by atoms with Gasteiger partial charge in [0.25, 0.3) is 5.91 Å². The summed E-state index contributed by atoms with van der Waals surface area (Å²) in [7, 11) is -3.33. The molecule has 32 heavy (non-hydrogen) atoms. The van der Waals surface area contributed by atoms with Crippen LogP contribution < -0.4 is 5.32 Å². The molecule has 0 bridgehead atoms. The third-order valence-electron chi connectivity index (χ3n) is 4.40. The van der Waals surface area contributed by atoms with Crippen molar-refractivity contribution in [3.63, 3.8) is 0 Å². The summed E-state index contributed by atoms with van der Waals surface area (Å²) < 4.78 is 24.2. The molecule has 0 aliphatic rings. The molecule has 2 aromatic carbocycles. The maximum Gasteiger partial charge on any atom is 0.277 e. The van der Waals surface area contributed by atoms with Crippen molar-refractivity contribution in [1.82, 2.24) is 15.0 Å². The van der Waals surface area contributed by atoms with E-state index in [0.717, 1.165) is 11.8 Å². The summed E-state index contributed by atoms with van der Waals surface area (Å²) in [6, 6.07) is 12.8. The van der Waals surface area contributed by atoms with Crippen molar-refractivity contribution in [2.75, 3.05) is 11.6 Å².